The number of para-hydroxylation sites is 2. The number of ether oxygens (including phenoxy) is 1. The molecule has 0 heterocycles. The van der Waals surface area contributed by atoms with E-state index in [1.165, 1.54) is 17.0 Å². The van der Waals surface area contributed by atoms with Crippen LogP contribution in [0.25, 0.3) is 0 Å². The molecule has 0 aliphatic rings. The van der Waals surface area contributed by atoms with Crippen LogP contribution in [0.1, 0.15) is 39.7 Å². The van der Waals surface area contributed by atoms with Crippen molar-refractivity contribution in [2.45, 2.75) is 57.6 Å². The molecule has 0 saturated heterocycles. The summed E-state index contributed by atoms with van der Waals surface area (Å²) in [5.41, 5.74) is 1.06. The first-order chi connectivity index (χ1) is 18.7. The van der Waals surface area contributed by atoms with Crippen LogP contribution in [0.15, 0.2) is 89.8 Å². The number of benzene rings is 3. The van der Waals surface area contributed by atoms with Gasteiger partial charge in [-0.3, -0.25) is 13.9 Å². The lowest BCUT2D eigenvalue weighted by Crippen LogP contribution is -2.52. The minimum Gasteiger partial charge on any atom is -0.492 e. The van der Waals surface area contributed by atoms with Crippen molar-refractivity contribution >= 4 is 27.5 Å². The Kier molecular flexibility index (Phi) is 10.5. The maximum Gasteiger partial charge on any atom is 0.264 e. The van der Waals surface area contributed by atoms with Crippen molar-refractivity contribution in [3.05, 3.63) is 90.5 Å². The molecule has 0 bridgehead atoms. The highest BCUT2D eigenvalue weighted by Gasteiger charge is 2.33. The van der Waals surface area contributed by atoms with Crippen LogP contribution in [0.4, 0.5) is 5.69 Å². The highest BCUT2D eigenvalue weighted by Crippen LogP contribution is 2.32. The molecule has 39 heavy (non-hydrogen) atoms. The molecule has 0 aliphatic heterocycles. The first-order valence-electron chi connectivity index (χ1n) is 13.1. The van der Waals surface area contributed by atoms with Gasteiger partial charge in [0.25, 0.3) is 10.0 Å². The van der Waals surface area contributed by atoms with Crippen LogP contribution in [0.3, 0.4) is 0 Å². The van der Waals surface area contributed by atoms with Crippen molar-refractivity contribution in [1.82, 2.24) is 10.2 Å². The third kappa shape index (κ3) is 7.60. The average molecular weight is 552 g/mol. The van der Waals surface area contributed by atoms with Gasteiger partial charge in [0.15, 0.2) is 0 Å². The molecular formula is C30H37N3O5S. The minimum absolute atomic E-state index is 0.0428. The van der Waals surface area contributed by atoms with E-state index in [1.807, 2.05) is 44.2 Å². The summed E-state index contributed by atoms with van der Waals surface area (Å²) in [6.45, 7) is 7.25. The maximum atomic E-state index is 14.0. The van der Waals surface area contributed by atoms with Crippen molar-refractivity contribution in [2.75, 3.05) is 17.5 Å². The van der Waals surface area contributed by atoms with Gasteiger partial charge in [0.05, 0.1) is 17.2 Å². The van der Waals surface area contributed by atoms with Crippen molar-refractivity contribution in [1.29, 1.82) is 0 Å². The maximum absolute atomic E-state index is 14.0. The molecule has 1 N–H and O–H groups in total. The van der Waals surface area contributed by atoms with Gasteiger partial charge in [0.2, 0.25) is 11.8 Å². The number of rotatable bonds is 13. The highest BCUT2D eigenvalue weighted by atomic mass is 32.2. The van der Waals surface area contributed by atoms with E-state index in [9.17, 15) is 18.0 Å². The Bertz CT molecular complexity index is 1330. The molecule has 3 rings (SSSR count). The standard InChI is InChI=1S/C30H37N3O5S/c1-5-23(3)31-30(35)24(4)32(21-25-15-9-7-10-16-25)29(34)22-33(27-19-13-14-20-28(27)38-6-2)39(36,37)26-17-11-8-12-18-26/h7-20,23-24H,5-6,21-22H2,1-4H3,(H,31,35)/t23-,24+/m0/s1. The molecule has 0 aromatic heterocycles. The second-order valence-electron chi connectivity index (χ2n) is 9.23. The van der Waals surface area contributed by atoms with Gasteiger partial charge in [-0.25, -0.2) is 8.42 Å². The average Bonchev–Trinajstić information content (AvgIpc) is 2.95. The molecule has 208 valence electrons. The number of nitrogens with zero attached hydrogens (tertiary/aromatic N) is 2. The van der Waals surface area contributed by atoms with E-state index >= 15 is 0 Å². The normalized spacial score (nSPS) is 12.7. The van der Waals surface area contributed by atoms with Gasteiger partial charge in [-0.15, -0.1) is 0 Å². The highest BCUT2D eigenvalue weighted by molar-refractivity contribution is 7.92. The number of carbonyl (C=O) groups is 2. The zero-order valence-electron chi connectivity index (χ0n) is 22.9. The zero-order valence-corrected chi connectivity index (χ0v) is 23.7. The van der Waals surface area contributed by atoms with Gasteiger partial charge < -0.3 is 15.0 Å². The minimum atomic E-state index is -4.16. The Balaban J connectivity index is 2.05. The lowest BCUT2D eigenvalue weighted by Gasteiger charge is -2.32. The van der Waals surface area contributed by atoms with Crippen molar-refractivity contribution in [2.24, 2.45) is 0 Å². The second-order valence-corrected chi connectivity index (χ2v) is 11.1. The number of hydrogen-bond donors (Lipinski definition) is 1. The summed E-state index contributed by atoms with van der Waals surface area (Å²) in [4.78, 5) is 28.5. The first-order valence-corrected chi connectivity index (χ1v) is 14.6. The summed E-state index contributed by atoms with van der Waals surface area (Å²) in [6, 6.07) is 23.1. The Morgan fingerprint density at radius 3 is 2.08 bits per heavy atom. The number of anilines is 1. The van der Waals surface area contributed by atoms with Crippen LogP contribution in [0.5, 0.6) is 5.75 Å². The van der Waals surface area contributed by atoms with E-state index in [4.69, 9.17) is 4.74 Å². The number of hydrogen-bond acceptors (Lipinski definition) is 5. The summed E-state index contributed by atoms with van der Waals surface area (Å²) >= 11 is 0. The van der Waals surface area contributed by atoms with Crippen LogP contribution < -0.4 is 14.4 Å². The molecule has 3 aromatic carbocycles. The molecule has 0 spiro atoms. The van der Waals surface area contributed by atoms with Crippen LogP contribution in [-0.4, -0.2) is 50.4 Å². The number of nitrogens with one attached hydrogen (secondary N) is 1. The fraction of sp³-hybridized carbons (Fsp3) is 0.333. The smallest absolute Gasteiger partial charge is 0.264 e. The zero-order chi connectivity index (χ0) is 28.4. The van der Waals surface area contributed by atoms with Crippen molar-refractivity contribution < 1.29 is 22.7 Å². The van der Waals surface area contributed by atoms with Crippen LogP contribution in [-0.2, 0) is 26.2 Å². The Morgan fingerprint density at radius 1 is 0.872 bits per heavy atom. The molecule has 2 atom stereocenters. The molecule has 0 fully saturated rings. The monoisotopic (exact) mass is 551 g/mol. The van der Waals surface area contributed by atoms with E-state index in [1.54, 1.807) is 56.3 Å². The topological polar surface area (TPSA) is 96.0 Å². The molecular weight excluding hydrogens is 514 g/mol. The Hall–Kier alpha value is -3.85. The van der Waals surface area contributed by atoms with Crippen molar-refractivity contribution in [3.8, 4) is 5.75 Å². The summed E-state index contributed by atoms with van der Waals surface area (Å²) in [5.74, 6) is -0.484. The third-order valence-electron chi connectivity index (χ3n) is 6.41. The fourth-order valence-corrected chi connectivity index (χ4v) is 5.45. The van der Waals surface area contributed by atoms with E-state index in [0.29, 0.717) is 12.4 Å². The van der Waals surface area contributed by atoms with Gasteiger partial charge >= 0.3 is 0 Å². The SMILES string of the molecule is CCOc1ccccc1N(CC(=O)N(Cc1ccccc1)[C@H](C)C(=O)N[C@@H](C)CC)S(=O)(=O)c1ccccc1. The van der Waals surface area contributed by atoms with Crippen LogP contribution >= 0.6 is 0 Å². The Labute approximate surface area is 231 Å². The van der Waals surface area contributed by atoms with Gasteiger partial charge in [-0.2, -0.15) is 0 Å². The summed E-state index contributed by atoms with van der Waals surface area (Å²) < 4.78 is 34.6. The lowest BCUT2D eigenvalue weighted by molar-refractivity contribution is -0.139. The van der Waals surface area contributed by atoms with E-state index in [2.05, 4.69) is 5.32 Å². The second kappa shape index (κ2) is 13.8. The number of sulfonamides is 1. The van der Waals surface area contributed by atoms with Crippen molar-refractivity contribution in [3.63, 3.8) is 0 Å². The van der Waals surface area contributed by atoms with Gasteiger partial charge in [0, 0.05) is 12.6 Å². The first kappa shape index (κ1) is 29.7. The summed E-state index contributed by atoms with van der Waals surface area (Å²) in [6.07, 6.45) is 0.738. The predicted molar refractivity (Wildman–Crippen MR) is 153 cm³/mol. The largest absolute Gasteiger partial charge is 0.492 e. The number of carbonyl (C=O) groups excluding carboxylic acids is 2. The Morgan fingerprint density at radius 2 is 1.46 bits per heavy atom. The molecule has 8 nitrogen and oxygen atoms in total. The third-order valence-corrected chi connectivity index (χ3v) is 8.18. The van der Waals surface area contributed by atoms with E-state index < -0.39 is 28.5 Å². The molecule has 0 saturated carbocycles. The van der Waals surface area contributed by atoms with Gasteiger partial charge in [0.1, 0.15) is 18.3 Å². The fourth-order valence-electron chi connectivity index (χ4n) is 4.00. The molecule has 9 heteroatoms. The molecule has 3 aromatic rings. The number of amides is 2. The van der Waals surface area contributed by atoms with Gasteiger partial charge in [-0.05, 0) is 57.0 Å². The molecule has 2 amide bonds. The lowest BCUT2D eigenvalue weighted by atomic mass is 10.1. The van der Waals surface area contributed by atoms with Crippen LogP contribution in [0, 0.1) is 0 Å². The summed E-state index contributed by atoms with van der Waals surface area (Å²) in [7, 11) is -4.16. The van der Waals surface area contributed by atoms with E-state index in [0.717, 1.165) is 16.3 Å². The predicted octanol–water partition coefficient (Wildman–Crippen LogP) is 4.61. The molecule has 0 radical (unpaired) electrons. The van der Waals surface area contributed by atoms with Gasteiger partial charge in [-0.1, -0.05) is 67.6 Å². The van der Waals surface area contributed by atoms with E-state index in [-0.39, 0.29) is 29.1 Å². The molecule has 0 aliphatic carbocycles. The molecule has 0 unspecified atom stereocenters. The quantitative estimate of drug-likeness (QED) is 0.335. The van der Waals surface area contributed by atoms with Crippen LogP contribution in [0.2, 0.25) is 0 Å². The summed E-state index contributed by atoms with van der Waals surface area (Å²) in [5, 5.41) is 2.93.